The summed E-state index contributed by atoms with van der Waals surface area (Å²) in [7, 11) is -2.85. The van der Waals surface area contributed by atoms with Gasteiger partial charge in [0, 0.05) is 0 Å². The number of hydrogen-bond acceptors (Lipinski definition) is 1. The third kappa shape index (κ3) is 4.61. The van der Waals surface area contributed by atoms with Gasteiger partial charge in [-0.05, 0) is 0 Å². The van der Waals surface area contributed by atoms with E-state index in [1.807, 2.05) is 36.4 Å². The average Bonchev–Trinajstić information content (AvgIpc) is 2.90. The molecule has 0 spiro atoms. The van der Waals surface area contributed by atoms with Crippen LogP contribution in [0.2, 0.25) is 0 Å². The van der Waals surface area contributed by atoms with E-state index in [9.17, 15) is 0 Å². The van der Waals surface area contributed by atoms with E-state index < -0.39 is 28.1 Å². The summed E-state index contributed by atoms with van der Waals surface area (Å²) in [4.78, 5) is 0. The third-order valence-electron chi connectivity index (χ3n) is 6.70. The van der Waals surface area contributed by atoms with Crippen molar-refractivity contribution in [2.45, 2.75) is 29.9 Å². The van der Waals surface area contributed by atoms with E-state index in [2.05, 4.69) is 90.8 Å². The normalized spacial score (nSPS) is 18.4. The standard InChI is InChI=1S/C31H29OPTe/c1-23-13-17-25(18-14-23)27-21-30(26-19-15-24(2)16-20-26)31(34-22-27)33(32,28-9-5-3-6-10-28)29-11-7-4-8-12-29/h3-20,22,30-31H,21H2,1-2H3/t30-,31+/m1/s1. The van der Waals surface area contributed by atoms with Gasteiger partial charge in [0.05, 0.1) is 0 Å². The molecule has 0 saturated carbocycles. The third-order valence-corrected chi connectivity index (χ3v) is 16.2. The summed E-state index contributed by atoms with van der Waals surface area (Å²) in [5.74, 6) is 0.232. The van der Waals surface area contributed by atoms with E-state index in [1.54, 1.807) is 0 Å². The van der Waals surface area contributed by atoms with Crippen LogP contribution in [0.5, 0.6) is 0 Å². The summed E-state index contributed by atoms with van der Waals surface area (Å²) >= 11 is -0.695. The van der Waals surface area contributed by atoms with Crippen LogP contribution in [0.15, 0.2) is 113 Å². The van der Waals surface area contributed by atoms with Crippen molar-refractivity contribution >= 4 is 44.2 Å². The second kappa shape index (κ2) is 10.1. The van der Waals surface area contributed by atoms with Gasteiger partial charge in [0.2, 0.25) is 0 Å². The van der Waals surface area contributed by atoms with E-state index in [0.717, 1.165) is 17.0 Å². The minimum atomic E-state index is -2.85. The van der Waals surface area contributed by atoms with Crippen LogP contribution in [0, 0.1) is 13.8 Å². The second-order valence-corrected chi connectivity index (χ2v) is 16.0. The first-order chi connectivity index (χ1) is 16.6. The first-order valence-corrected chi connectivity index (χ1v) is 16.2. The summed E-state index contributed by atoms with van der Waals surface area (Å²) < 4.78 is 17.9. The number of aryl methyl sites for hydroxylation is 2. The predicted molar refractivity (Wildman–Crippen MR) is 147 cm³/mol. The molecule has 34 heavy (non-hydrogen) atoms. The Morgan fingerprint density at radius 2 is 1.18 bits per heavy atom. The quantitative estimate of drug-likeness (QED) is 0.187. The molecule has 1 nitrogen and oxygen atoms in total. The molecular weight excluding hydrogens is 547 g/mol. The minimum absolute atomic E-state index is 0.139. The van der Waals surface area contributed by atoms with Crippen LogP contribution in [0.3, 0.4) is 0 Å². The monoisotopic (exact) mass is 578 g/mol. The van der Waals surface area contributed by atoms with Gasteiger partial charge in [-0.15, -0.1) is 0 Å². The zero-order valence-electron chi connectivity index (χ0n) is 19.6. The molecule has 1 aliphatic heterocycles. The van der Waals surface area contributed by atoms with Gasteiger partial charge in [-0.1, -0.05) is 0 Å². The van der Waals surface area contributed by atoms with Crippen molar-refractivity contribution in [1.82, 2.24) is 0 Å². The summed E-state index contributed by atoms with van der Waals surface area (Å²) in [6, 6.07) is 38.3. The van der Waals surface area contributed by atoms with Crippen molar-refractivity contribution in [3.63, 3.8) is 0 Å². The molecule has 0 aliphatic carbocycles. The number of rotatable bonds is 5. The summed E-state index contributed by atoms with van der Waals surface area (Å²) in [5.41, 5.74) is 6.57. The molecule has 1 aliphatic rings. The van der Waals surface area contributed by atoms with Gasteiger partial charge >= 0.3 is 214 Å². The first-order valence-electron chi connectivity index (χ1n) is 11.7. The van der Waals surface area contributed by atoms with Crippen molar-refractivity contribution in [3.8, 4) is 0 Å². The Kier molecular flexibility index (Phi) is 6.94. The van der Waals surface area contributed by atoms with Crippen LogP contribution < -0.4 is 10.6 Å². The Labute approximate surface area is 213 Å². The van der Waals surface area contributed by atoms with Gasteiger partial charge in [0.25, 0.3) is 0 Å². The Hall–Kier alpha value is -2.36. The van der Waals surface area contributed by atoms with Crippen molar-refractivity contribution in [2.24, 2.45) is 0 Å². The SMILES string of the molecule is Cc1ccc(C2=C[Te][C@H](P(=O)(c3ccccc3)c3ccccc3)[C@@H](c3ccc(C)cc3)C2)cc1. The first kappa shape index (κ1) is 23.4. The zero-order chi connectivity index (χ0) is 23.5. The Balaban J connectivity index is 1.66. The van der Waals surface area contributed by atoms with Crippen LogP contribution in [0.25, 0.3) is 5.57 Å². The molecule has 4 aromatic rings. The van der Waals surface area contributed by atoms with Crippen molar-refractivity contribution in [1.29, 1.82) is 0 Å². The number of allylic oxidation sites excluding steroid dienone is 1. The molecule has 0 N–H and O–H groups in total. The number of hydrogen-bond donors (Lipinski definition) is 0. The topological polar surface area (TPSA) is 17.1 Å². The average molecular weight is 576 g/mol. The van der Waals surface area contributed by atoms with Gasteiger partial charge in [0.1, 0.15) is 0 Å². The molecule has 170 valence electrons. The van der Waals surface area contributed by atoms with E-state index in [1.165, 1.54) is 27.8 Å². The molecule has 0 bridgehead atoms. The molecule has 0 fully saturated rings. The van der Waals surface area contributed by atoms with Crippen LogP contribution in [-0.4, -0.2) is 24.6 Å². The molecule has 0 amide bonds. The van der Waals surface area contributed by atoms with E-state index in [4.69, 9.17) is 0 Å². The van der Waals surface area contributed by atoms with Crippen LogP contribution in [-0.2, 0) is 4.57 Å². The van der Waals surface area contributed by atoms with Gasteiger partial charge < -0.3 is 0 Å². The summed E-state index contributed by atoms with van der Waals surface area (Å²) in [5, 5.41) is 1.97. The molecular formula is C31H29OPTe. The zero-order valence-corrected chi connectivity index (χ0v) is 22.8. The van der Waals surface area contributed by atoms with Crippen molar-refractivity contribution in [3.05, 3.63) is 136 Å². The number of benzene rings is 4. The van der Waals surface area contributed by atoms with E-state index in [-0.39, 0.29) is 9.62 Å². The van der Waals surface area contributed by atoms with Crippen LogP contribution in [0.4, 0.5) is 0 Å². The van der Waals surface area contributed by atoms with Gasteiger partial charge in [0.15, 0.2) is 0 Å². The van der Waals surface area contributed by atoms with Gasteiger partial charge in [-0.25, -0.2) is 0 Å². The molecule has 0 aromatic heterocycles. The molecule has 0 saturated heterocycles. The summed E-state index contributed by atoms with van der Waals surface area (Å²) in [6.45, 7) is 4.27. The molecule has 3 heteroatoms. The second-order valence-electron chi connectivity index (χ2n) is 9.09. The van der Waals surface area contributed by atoms with E-state index >= 15 is 4.57 Å². The predicted octanol–water partition coefficient (Wildman–Crippen LogP) is 6.88. The fourth-order valence-electron chi connectivity index (χ4n) is 4.76. The maximum absolute atomic E-state index is 15.3. The molecule has 2 atom stereocenters. The van der Waals surface area contributed by atoms with Crippen LogP contribution in [0.1, 0.15) is 34.6 Å². The van der Waals surface area contributed by atoms with Gasteiger partial charge in [-0.3, -0.25) is 0 Å². The molecule has 1 heterocycles. The van der Waals surface area contributed by atoms with E-state index in [0.29, 0.717) is 0 Å². The van der Waals surface area contributed by atoms with Crippen molar-refractivity contribution in [2.75, 3.05) is 0 Å². The van der Waals surface area contributed by atoms with Crippen LogP contribution >= 0.6 is 7.14 Å². The van der Waals surface area contributed by atoms with Gasteiger partial charge in [-0.2, -0.15) is 0 Å². The Morgan fingerprint density at radius 3 is 1.71 bits per heavy atom. The Bertz CT molecular complexity index is 1280. The van der Waals surface area contributed by atoms with Crippen molar-refractivity contribution < 1.29 is 4.57 Å². The molecule has 5 rings (SSSR count). The molecule has 4 aromatic carbocycles. The fraction of sp³-hybridized carbons (Fsp3) is 0.161. The molecule has 0 radical (unpaired) electrons. The molecule has 0 unspecified atom stereocenters. The Morgan fingerprint density at radius 1 is 0.676 bits per heavy atom. The summed E-state index contributed by atoms with van der Waals surface area (Å²) in [6.07, 6.45) is 0.922. The maximum atomic E-state index is 15.3. The fourth-order valence-corrected chi connectivity index (χ4v) is 14.6.